The molecule has 0 aromatic heterocycles. The number of hydrogen-bond acceptors (Lipinski definition) is 3. The summed E-state index contributed by atoms with van der Waals surface area (Å²) >= 11 is 0. The molecule has 0 saturated heterocycles. The summed E-state index contributed by atoms with van der Waals surface area (Å²) in [6, 6.07) is 7.90. The fraction of sp³-hybridized carbons (Fsp3) is 0.364. The van der Waals surface area contributed by atoms with E-state index in [0.717, 1.165) is 24.3 Å². The Hall–Kier alpha value is -1.51. The first-order valence-corrected chi connectivity index (χ1v) is 4.56. The van der Waals surface area contributed by atoms with E-state index in [1.165, 1.54) is 5.56 Å². The van der Waals surface area contributed by atoms with Crippen molar-refractivity contribution in [2.24, 2.45) is 5.16 Å². The molecule has 0 amide bonds. The first-order valence-electron chi connectivity index (χ1n) is 4.56. The van der Waals surface area contributed by atoms with E-state index in [1.54, 1.807) is 7.11 Å². The standard InChI is InChI=1S/C11H15NO2/c1-9(12-13)3-4-10-5-7-11(14-2)8-6-10/h5-8,13H,3-4H2,1-2H3/b12-9-. The molecule has 0 aliphatic heterocycles. The first kappa shape index (κ1) is 10.6. The lowest BCUT2D eigenvalue weighted by molar-refractivity contribution is 0.317. The van der Waals surface area contributed by atoms with Crippen LogP contribution in [0.3, 0.4) is 0 Å². The summed E-state index contributed by atoms with van der Waals surface area (Å²) < 4.78 is 5.05. The minimum absolute atomic E-state index is 0.751. The van der Waals surface area contributed by atoms with Crippen molar-refractivity contribution in [2.45, 2.75) is 19.8 Å². The highest BCUT2D eigenvalue weighted by molar-refractivity contribution is 5.81. The molecule has 1 N–H and O–H groups in total. The van der Waals surface area contributed by atoms with Gasteiger partial charge in [-0.15, -0.1) is 0 Å². The predicted molar refractivity (Wildman–Crippen MR) is 56.2 cm³/mol. The fourth-order valence-electron chi connectivity index (χ4n) is 1.17. The molecule has 0 aliphatic carbocycles. The van der Waals surface area contributed by atoms with Gasteiger partial charge in [0.2, 0.25) is 0 Å². The molecule has 1 aromatic carbocycles. The van der Waals surface area contributed by atoms with Crippen LogP contribution in [-0.4, -0.2) is 18.0 Å². The third kappa shape index (κ3) is 3.09. The highest BCUT2D eigenvalue weighted by atomic mass is 16.5. The summed E-state index contributed by atoms with van der Waals surface area (Å²) in [5.74, 6) is 0.862. The second kappa shape index (κ2) is 5.27. The number of aryl methyl sites for hydroxylation is 1. The maximum atomic E-state index is 8.46. The Balaban J connectivity index is 2.52. The van der Waals surface area contributed by atoms with E-state index >= 15 is 0 Å². The van der Waals surface area contributed by atoms with Gasteiger partial charge < -0.3 is 9.94 Å². The van der Waals surface area contributed by atoms with Crippen molar-refractivity contribution in [3.05, 3.63) is 29.8 Å². The highest BCUT2D eigenvalue weighted by Gasteiger charge is 1.96. The van der Waals surface area contributed by atoms with Gasteiger partial charge in [-0.2, -0.15) is 0 Å². The minimum Gasteiger partial charge on any atom is -0.497 e. The summed E-state index contributed by atoms with van der Waals surface area (Å²) in [5, 5.41) is 11.6. The van der Waals surface area contributed by atoms with Gasteiger partial charge in [0.1, 0.15) is 5.75 Å². The van der Waals surface area contributed by atoms with Gasteiger partial charge in [-0.3, -0.25) is 0 Å². The Morgan fingerprint density at radius 3 is 2.50 bits per heavy atom. The lowest BCUT2D eigenvalue weighted by atomic mass is 10.1. The van der Waals surface area contributed by atoms with E-state index in [0.29, 0.717) is 0 Å². The molecule has 0 fully saturated rings. The molecule has 0 unspecified atom stereocenters. The lowest BCUT2D eigenvalue weighted by Crippen LogP contribution is -1.95. The van der Waals surface area contributed by atoms with Crippen molar-refractivity contribution in [3.8, 4) is 5.75 Å². The van der Waals surface area contributed by atoms with Crippen molar-refractivity contribution in [2.75, 3.05) is 7.11 Å². The SMILES string of the molecule is COc1ccc(CC/C(C)=N\O)cc1. The molecule has 3 nitrogen and oxygen atoms in total. The van der Waals surface area contributed by atoms with Gasteiger partial charge in [0.05, 0.1) is 12.8 Å². The van der Waals surface area contributed by atoms with Crippen LogP contribution < -0.4 is 4.74 Å². The Labute approximate surface area is 84.0 Å². The summed E-state index contributed by atoms with van der Waals surface area (Å²) in [7, 11) is 1.65. The number of hydrogen-bond donors (Lipinski definition) is 1. The van der Waals surface area contributed by atoms with E-state index in [2.05, 4.69) is 5.16 Å². The fourth-order valence-corrected chi connectivity index (χ4v) is 1.17. The van der Waals surface area contributed by atoms with E-state index in [-0.39, 0.29) is 0 Å². The zero-order chi connectivity index (χ0) is 10.4. The van der Waals surface area contributed by atoms with Gasteiger partial charge in [0.15, 0.2) is 0 Å². The maximum absolute atomic E-state index is 8.46. The number of rotatable bonds is 4. The van der Waals surface area contributed by atoms with Crippen LogP contribution in [0.25, 0.3) is 0 Å². The van der Waals surface area contributed by atoms with Gasteiger partial charge in [-0.25, -0.2) is 0 Å². The monoisotopic (exact) mass is 193 g/mol. The molecule has 1 aromatic rings. The maximum Gasteiger partial charge on any atom is 0.118 e. The van der Waals surface area contributed by atoms with Crippen LogP contribution in [-0.2, 0) is 6.42 Å². The third-order valence-electron chi connectivity index (χ3n) is 2.11. The van der Waals surface area contributed by atoms with Crippen molar-refractivity contribution in [3.63, 3.8) is 0 Å². The smallest absolute Gasteiger partial charge is 0.118 e. The highest BCUT2D eigenvalue weighted by Crippen LogP contribution is 2.12. The molecular formula is C11H15NO2. The van der Waals surface area contributed by atoms with Crippen LogP contribution in [0.15, 0.2) is 29.4 Å². The zero-order valence-electron chi connectivity index (χ0n) is 8.53. The molecule has 0 atom stereocenters. The molecule has 0 heterocycles. The molecule has 76 valence electrons. The lowest BCUT2D eigenvalue weighted by Gasteiger charge is -2.02. The van der Waals surface area contributed by atoms with Gasteiger partial charge in [0.25, 0.3) is 0 Å². The quantitative estimate of drug-likeness (QED) is 0.453. The number of oxime groups is 1. The van der Waals surface area contributed by atoms with Crippen molar-refractivity contribution >= 4 is 5.71 Å². The van der Waals surface area contributed by atoms with Gasteiger partial charge in [-0.1, -0.05) is 17.3 Å². The van der Waals surface area contributed by atoms with Crippen molar-refractivity contribution in [1.29, 1.82) is 0 Å². The molecule has 1 rings (SSSR count). The number of benzene rings is 1. The molecule has 0 spiro atoms. The molecule has 0 saturated carbocycles. The predicted octanol–water partition coefficient (Wildman–Crippen LogP) is 2.48. The average molecular weight is 193 g/mol. The van der Waals surface area contributed by atoms with Crippen LogP contribution in [0, 0.1) is 0 Å². The Kier molecular flexibility index (Phi) is 3.98. The minimum atomic E-state index is 0.751. The van der Waals surface area contributed by atoms with Gasteiger partial charge in [0, 0.05) is 0 Å². The van der Waals surface area contributed by atoms with E-state index < -0.39 is 0 Å². The van der Waals surface area contributed by atoms with Gasteiger partial charge >= 0.3 is 0 Å². The molecule has 0 bridgehead atoms. The molecule has 0 radical (unpaired) electrons. The Morgan fingerprint density at radius 2 is 2.00 bits per heavy atom. The topological polar surface area (TPSA) is 41.8 Å². The number of methoxy groups -OCH3 is 1. The van der Waals surface area contributed by atoms with Crippen LogP contribution in [0.4, 0.5) is 0 Å². The normalized spacial score (nSPS) is 11.4. The van der Waals surface area contributed by atoms with E-state index in [1.807, 2.05) is 31.2 Å². The van der Waals surface area contributed by atoms with Crippen LogP contribution >= 0.6 is 0 Å². The molecule has 0 aliphatic rings. The largest absolute Gasteiger partial charge is 0.497 e. The van der Waals surface area contributed by atoms with Crippen molar-refractivity contribution in [1.82, 2.24) is 0 Å². The van der Waals surface area contributed by atoms with E-state index in [9.17, 15) is 0 Å². The van der Waals surface area contributed by atoms with E-state index in [4.69, 9.17) is 9.94 Å². The average Bonchev–Trinajstić information content (AvgIpc) is 2.26. The first-order chi connectivity index (χ1) is 6.76. The summed E-state index contributed by atoms with van der Waals surface area (Å²) in [4.78, 5) is 0. The van der Waals surface area contributed by atoms with Crippen LogP contribution in [0.1, 0.15) is 18.9 Å². The zero-order valence-corrected chi connectivity index (χ0v) is 8.53. The summed E-state index contributed by atoms with van der Waals surface area (Å²) in [6.07, 6.45) is 1.67. The van der Waals surface area contributed by atoms with Crippen LogP contribution in [0.5, 0.6) is 5.75 Å². The Bertz CT molecular complexity index is 304. The van der Waals surface area contributed by atoms with Crippen LogP contribution in [0.2, 0.25) is 0 Å². The summed E-state index contributed by atoms with van der Waals surface area (Å²) in [6.45, 7) is 1.81. The number of nitrogens with zero attached hydrogens (tertiary/aromatic N) is 1. The molecule has 3 heteroatoms. The second-order valence-corrected chi connectivity index (χ2v) is 3.18. The van der Waals surface area contributed by atoms with Crippen molar-refractivity contribution < 1.29 is 9.94 Å². The Morgan fingerprint density at radius 1 is 1.36 bits per heavy atom. The molecular weight excluding hydrogens is 178 g/mol. The van der Waals surface area contributed by atoms with Gasteiger partial charge in [-0.05, 0) is 37.5 Å². The third-order valence-corrected chi connectivity index (χ3v) is 2.11. The molecule has 14 heavy (non-hydrogen) atoms. The number of ether oxygens (including phenoxy) is 1. The second-order valence-electron chi connectivity index (χ2n) is 3.18. The summed E-state index contributed by atoms with van der Waals surface area (Å²) in [5.41, 5.74) is 1.97.